The molecule has 2 aromatic carbocycles. The molecule has 0 bridgehead atoms. The van der Waals surface area contributed by atoms with Gasteiger partial charge in [-0.05, 0) is 49.8 Å². The first kappa shape index (κ1) is 21.3. The SMILES string of the molecule is CNC(=O)c1ccc(NC(=O)/C=C/c2c(C)nn(Cc3ccc(C)cc3)c2Cl)cc1. The zero-order valence-electron chi connectivity index (χ0n) is 17.1. The van der Waals surface area contributed by atoms with E-state index in [1.54, 1.807) is 42.1 Å². The van der Waals surface area contributed by atoms with Gasteiger partial charge in [-0.3, -0.25) is 9.59 Å². The number of anilines is 1. The highest BCUT2D eigenvalue weighted by Gasteiger charge is 2.12. The van der Waals surface area contributed by atoms with E-state index in [0.717, 1.165) is 11.3 Å². The summed E-state index contributed by atoms with van der Waals surface area (Å²) in [6.07, 6.45) is 3.07. The van der Waals surface area contributed by atoms with Gasteiger partial charge in [0.2, 0.25) is 5.91 Å². The number of nitrogens with one attached hydrogen (secondary N) is 2. The normalized spacial score (nSPS) is 10.9. The minimum atomic E-state index is -0.301. The third kappa shape index (κ3) is 5.15. The average Bonchev–Trinajstić information content (AvgIpc) is 3.00. The molecule has 0 radical (unpaired) electrons. The number of rotatable bonds is 6. The second kappa shape index (κ2) is 9.41. The molecule has 0 atom stereocenters. The molecule has 0 aliphatic rings. The van der Waals surface area contributed by atoms with Crippen molar-refractivity contribution in [3.8, 4) is 0 Å². The van der Waals surface area contributed by atoms with E-state index in [0.29, 0.717) is 28.5 Å². The summed E-state index contributed by atoms with van der Waals surface area (Å²) < 4.78 is 1.72. The number of hydrogen-bond donors (Lipinski definition) is 2. The summed E-state index contributed by atoms with van der Waals surface area (Å²) in [5.41, 5.74) is 4.85. The lowest BCUT2D eigenvalue weighted by Gasteiger charge is -2.04. The molecule has 1 heterocycles. The van der Waals surface area contributed by atoms with Crippen LogP contribution in [0.1, 0.15) is 32.7 Å². The Morgan fingerprint density at radius 2 is 1.73 bits per heavy atom. The van der Waals surface area contributed by atoms with Gasteiger partial charge in [-0.25, -0.2) is 4.68 Å². The molecule has 6 nitrogen and oxygen atoms in total. The van der Waals surface area contributed by atoms with E-state index in [2.05, 4.69) is 15.7 Å². The van der Waals surface area contributed by atoms with Crippen LogP contribution in [0.2, 0.25) is 5.15 Å². The van der Waals surface area contributed by atoms with E-state index in [9.17, 15) is 9.59 Å². The van der Waals surface area contributed by atoms with E-state index < -0.39 is 0 Å². The van der Waals surface area contributed by atoms with Gasteiger partial charge in [-0.2, -0.15) is 5.10 Å². The summed E-state index contributed by atoms with van der Waals surface area (Å²) >= 11 is 6.49. The quantitative estimate of drug-likeness (QED) is 0.584. The zero-order valence-corrected chi connectivity index (χ0v) is 17.8. The molecular formula is C23H23ClN4O2. The number of halogens is 1. The first-order valence-electron chi connectivity index (χ1n) is 9.47. The van der Waals surface area contributed by atoms with Crippen LogP contribution in [-0.4, -0.2) is 28.6 Å². The van der Waals surface area contributed by atoms with Crippen LogP contribution >= 0.6 is 11.6 Å². The average molecular weight is 423 g/mol. The molecule has 0 fully saturated rings. The molecule has 0 aliphatic heterocycles. The Kier molecular flexibility index (Phi) is 6.69. The molecule has 7 heteroatoms. The molecular weight excluding hydrogens is 400 g/mol. The van der Waals surface area contributed by atoms with Gasteiger partial charge in [0.25, 0.3) is 5.91 Å². The fraction of sp³-hybridized carbons (Fsp3) is 0.174. The van der Waals surface area contributed by atoms with E-state index >= 15 is 0 Å². The number of aryl methyl sites for hydroxylation is 2. The van der Waals surface area contributed by atoms with Crippen LogP contribution in [0, 0.1) is 13.8 Å². The summed E-state index contributed by atoms with van der Waals surface area (Å²) in [4.78, 5) is 23.8. The first-order valence-corrected chi connectivity index (χ1v) is 9.85. The predicted octanol–water partition coefficient (Wildman–Crippen LogP) is 4.21. The van der Waals surface area contributed by atoms with Crippen molar-refractivity contribution in [2.45, 2.75) is 20.4 Å². The van der Waals surface area contributed by atoms with Crippen LogP contribution in [0.5, 0.6) is 0 Å². The Morgan fingerprint density at radius 3 is 2.37 bits per heavy atom. The van der Waals surface area contributed by atoms with Gasteiger partial charge in [0.15, 0.2) is 0 Å². The highest BCUT2D eigenvalue weighted by molar-refractivity contribution is 6.31. The monoisotopic (exact) mass is 422 g/mol. The van der Waals surface area contributed by atoms with Gasteiger partial charge >= 0.3 is 0 Å². The third-order valence-corrected chi connectivity index (χ3v) is 5.00. The summed E-state index contributed by atoms with van der Waals surface area (Å²) in [6.45, 7) is 4.45. The number of aromatic nitrogens is 2. The van der Waals surface area contributed by atoms with Crippen molar-refractivity contribution in [1.29, 1.82) is 0 Å². The Hall–Kier alpha value is -3.38. The minimum absolute atomic E-state index is 0.180. The molecule has 3 aromatic rings. The fourth-order valence-corrected chi connectivity index (χ4v) is 3.22. The van der Waals surface area contributed by atoms with Gasteiger partial charge in [0, 0.05) is 29.9 Å². The van der Waals surface area contributed by atoms with Crippen LogP contribution in [0.25, 0.3) is 6.08 Å². The number of carbonyl (C=O) groups excluding carboxylic acids is 2. The lowest BCUT2D eigenvalue weighted by molar-refractivity contribution is -0.111. The molecule has 2 amide bonds. The van der Waals surface area contributed by atoms with Crippen molar-refractivity contribution in [3.63, 3.8) is 0 Å². The van der Waals surface area contributed by atoms with Gasteiger partial charge < -0.3 is 10.6 Å². The Morgan fingerprint density at radius 1 is 1.07 bits per heavy atom. The third-order valence-electron chi connectivity index (χ3n) is 4.61. The van der Waals surface area contributed by atoms with Crippen LogP contribution < -0.4 is 10.6 Å². The molecule has 0 spiro atoms. The van der Waals surface area contributed by atoms with Crippen LogP contribution in [0.4, 0.5) is 5.69 Å². The Balaban J connectivity index is 1.68. The highest BCUT2D eigenvalue weighted by Crippen LogP contribution is 2.22. The Labute approximate surface area is 180 Å². The van der Waals surface area contributed by atoms with E-state index in [1.165, 1.54) is 11.6 Å². The smallest absolute Gasteiger partial charge is 0.251 e. The van der Waals surface area contributed by atoms with Crippen molar-refractivity contribution in [2.75, 3.05) is 12.4 Å². The number of amides is 2. The van der Waals surface area contributed by atoms with Crippen molar-refractivity contribution < 1.29 is 9.59 Å². The lowest BCUT2D eigenvalue weighted by atomic mass is 10.1. The molecule has 154 valence electrons. The number of benzene rings is 2. The topological polar surface area (TPSA) is 76.0 Å². The van der Waals surface area contributed by atoms with E-state index in [1.807, 2.05) is 38.1 Å². The van der Waals surface area contributed by atoms with Crippen molar-refractivity contribution in [2.24, 2.45) is 0 Å². The highest BCUT2D eigenvalue weighted by atomic mass is 35.5. The number of nitrogens with zero attached hydrogens (tertiary/aromatic N) is 2. The van der Waals surface area contributed by atoms with Crippen LogP contribution in [0.3, 0.4) is 0 Å². The van der Waals surface area contributed by atoms with Crippen molar-refractivity contribution in [1.82, 2.24) is 15.1 Å². The van der Waals surface area contributed by atoms with Crippen LogP contribution in [0.15, 0.2) is 54.6 Å². The number of carbonyl (C=O) groups is 2. The number of hydrogen-bond acceptors (Lipinski definition) is 3. The first-order chi connectivity index (χ1) is 14.4. The van der Waals surface area contributed by atoms with E-state index in [-0.39, 0.29) is 11.8 Å². The van der Waals surface area contributed by atoms with Gasteiger partial charge in [-0.15, -0.1) is 0 Å². The van der Waals surface area contributed by atoms with Gasteiger partial charge in [-0.1, -0.05) is 41.4 Å². The zero-order chi connectivity index (χ0) is 21.7. The lowest BCUT2D eigenvalue weighted by Crippen LogP contribution is -2.17. The minimum Gasteiger partial charge on any atom is -0.355 e. The molecule has 1 aromatic heterocycles. The molecule has 30 heavy (non-hydrogen) atoms. The molecule has 2 N–H and O–H groups in total. The second-order valence-corrected chi connectivity index (χ2v) is 7.27. The van der Waals surface area contributed by atoms with Crippen molar-refractivity contribution in [3.05, 3.63) is 87.7 Å². The molecule has 3 rings (SSSR count). The summed E-state index contributed by atoms with van der Waals surface area (Å²) in [7, 11) is 1.57. The summed E-state index contributed by atoms with van der Waals surface area (Å²) in [5.74, 6) is -0.481. The predicted molar refractivity (Wildman–Crippen MR) is 120 cm³/mol. The summed E-state index contributed by atoms with van der Waals surface area (Å²) in [6, 6.07) is 14.8. The molecule has 0 aliphatic carbocycles. The van der Waals surface area contributed by atoms with Crippen molar-refractivity contribution >= 4 is 35.2 Å². The fourth-order valence-electron chi connectivity index (χ4n) is 2.92. The maximum atomic E-state index is 12.3. The molecule has 0 unspecified atom stereocenters. The second-order valence-electron chi connectivity index (χ2n) is 6.91. The van der Waals surface area contributed by atoms with E-state index in [4.69, 9.17) is 11.6 Å². The summed E-state index contributed by atoms with van der Waals surface area (Å²) in [5, 5.41) is 10.3. The Bertz CT molecular complexity index is 1080. The van der Waals surface area contributed by atoms with Gasteiger partial charge in [0.05, 0.1) is 12.2 Å². The molecule has 0 saturated carbocycles. The largest absolute Gasteiger partial charge is 0.355 e. The molecule has 0 saturated heterocycles. The van der Waals surface area contributed by atoms with Crippen LogP contribution in [-0.2, 0) is 11.3 Å². The standard InChI is InChI=1S/C23H23ClN4O2/c1-15-4-6-17(7-5-15)14-28-22(24)20(16(2)27-28)12-13-21(29)26-19-10-8-18(9-11-19)23(30)25-3/h4-13H,14H2,1-3H3,(H,25,30)(H,26,29)/b13-12+. The van der Waals surface area contributed by atoms with Gasteiger partial charge in [0.1, 0.15) is 5.15 Å². The maximum Gasteiger partial charge on any atom is 0.251 e. The maximum absolute atomic E-state index is 12.3.